The van der Waals surface area contributed by atoms with E-state index in [1.165, 1.54) is 19.1 Å². The van der Waals surface area contributed by atoms with E-state index in [2.05, 4.69) is 11.6 Å². The van der Waals surface area contributed by atoms with Crippen molar-refractivity contribution in [1.29, 1.82) is 0 Å². The van der Waals surface area contributed by atoms with Crippen LogP contribution in [-0.2, 0) is 10.0 Å². The van der Waals surface area contributed by atoms with E-state index in [9.17, 15) is 12.8 Å². The van der Waals surface area contributed by atoms with Crippen LogP contribution in [0.5, 0.6) is 0 Å². The molecule has 0 aliphatic heterocycles. The molecule has 4 nitrogen and oxygen atoms in total. The first-order chi connectivity index (χ1) is 9.79. The summed E-state index contributed by atoms with van der Waals surface area (Å²) in [5, 5.41) is 0. The van der Waals surface area contributed by atoms with Gasteiger partial charge in [-0.3, -0.25) is 0 Å². The molecule has 0 amide bonds. The molecule has 0 bridgehead atoms. The number of aryl methyl sites for hydroxylation is 1. The average Bonchev–Trinajstić information content (AvgIpc) is 2.58. The molecule has 0 spiro atoms. The summed E-state index contributed by atoms with van der Waals surface area (Å²) in [7, 11) is -3.87. The molecular formula is C15H23FN2O2S. The minimum Gasteiger partial charge on any atom is -0.399 e. The maximum absolute atomic E-state index is 14.1. The highest BCUT2D eigenvalue weighted by molar-refractivity contribution is 7.89. The molecule has 2 atom stereocenters. The van der Waals surface area contributed by atoms with E-state index in [0.29, 0.717) is 5.92 Å². The molecule has 1 aliphatic rings. The van der Waals surface area contributed by atoms with Gasteiger partial charge in [-0.1, -0.05) is 19.8 Å². The SMILES string of the molecule is Cc1cc(N)cc(S(=O)(=O)NC2CCCC(C)CC2)c1F. The van der Waals surface area contributed by atoms with Gasteiger partial charge in [0.2, 0.25) is 10.0 Å². The minimum atomic E-state index is -3.87. The third kappa shape index (κ3) is 3.95. The standard InChI is InChI=1S/C15H23FN2O2S/c1-10-4-3-5-13(7-6-10)18-21(19,20)14-9-12(17)8-11(2)15(14)16/h8-10,13,18H,3-7,17H2,1-2H3. The van der Waals surface area contributed by atoms with Crippen LogP contribution in [0.1, 0.15) is 44.6 Å². The molecule has 21 heavy (non-hydrogen) atoms. The fraction of sp³-hybridized carbons (Fsp3) is 0.600. The molecule has 0 radical (unpaired) electrons. The van der Waals surface area contributed by atoms with Crippen molar-refractivity contribution in [3.8, 4) is 0 Å². The van der Waals surface area contributed by atoms with E-state index in [1.54, 1.807) is 0 Å². The van der Waals surface area contributed by atoms with Crippen LogP contribution in [0.2, 0.25) is 0 Å². The summed E-state index contributed by atoms with van der Waals surface area (Å²) in [6, 6.07) is 2.49. The summed E-state index contributed by atoms with van der Waals surface area (Å²) in [6.07, 6.45) is 4.69. The van der Waals surface area contributed by atoms with Crippen LogP contribution < -0.4 is 10.5 Å². The van der Waals surface area contributed by atoms with Crippen LogP contribution in [0.15, 0.2) is 17.0 Å². The van der Waals surface area contributed by atoms with Crippen molar-refractivity contribution in [2.75, 3.05) is 5.73 Å². The molecule has 1 fully saturated rings. The molecule has 0 aromatic heterocycles. The highest BCUT2D eigenvalue weighted by atomic mass is 32.2. The number of anilines is 1. The molecule has 0 heterocycles. The topological polar surface area (TPSA) is 72.2 Å². The monoisotopic (exact) mass is 314 g/mol. The zero-order valence-electron chi connectivity index (χ0n) is 12.5. The van der Waals surface area contributed by atoms with Gasteiger partial charge in [-0.15, -0.1) is 0 Å². The number of hydrogen-bond donors (Lipinski definition) is 2. The molecule has 118 valence electrons. The Kier molecular flexibility index (Phi) is 4.88. The van der Waals surface area contributed by atoms with E-state index in [0.717, 1.165) is 32.1 Å². The van der Waals surface area contributed by atoms with Crippen LogP contribution in [0.3, 0.4) is 0 Å². The van der Waals surface area contributed by atoms with Gasteiger partial charge in [-0.25, -0.2) is 17.5 Å². The Balaban J connectivity index is 2.22. The molecule has 1 saturated carbocycles. The normalized spacial score (nSPS) is 23.8. The van der Waals surface area contributed by atoms with Gasteiger partial charge in [0.05, 0.1) is 0 Å². The summed E-state index contributed by atoms with van der Waals surface area (Å²) in [5.74, 6) is -0.107. The summed E-state index contributed by atoms with van der Waals surface area (Å²) in [5.41, 5.74) is 6.14. The van der Waals surface area contributed by atoms with Gasteiger partial charge in [0.15, 0.2) is 0 Å². The lowest BCUT2D eigenvalue weighted by Gasteiger charge is -2.17. The van der Waals surface area contributed by atoms with Gasteiger partial charge < -0.3 is 5.73 Å². The van der Waals surface area contributed by atoms with Gasteiger partial charge in [0.25, 0.3) is 0 Å². The molecule has 1 aliphatic carbocycles. The Hall–Kier alpha value is -1.14. The Morgan fingerprint density at radius 1 is 1.24 bits per heavy atom. The number of nitrogens with two attached hydrogens (primary N) is 1. The Bertz CT molecular complexity index is 616. The van der Waals surface area contributed by atoms with Gasteiger partial charge in [-0.2, -0.15) is 0 Å². The second kappa shape index (κ2) is 6.32. The van der Waals surface area contributed by atoms with Crippen molar-refractivity contribution in [1.82, 2.24) is 4.72 Å². The quantitative estimate of drug-likeness (QED) is 0.665. The van der Waals surface area contributed by atoms with E-state index >= 15 is 0 Å². The number of nitrogens with one attached hydrogen (secondary N) is 1. The number of rotatable bonds is 3. The predicted molar refractivity (Wildman–Crippen MR) is 81.9 cm³/mol. The average molecular weight is 314 g/mol. The predicted octanol–water partition coefficient (Wildman–Crippen LogP) is 2.96. The fourth-order valence-electron chi connectivity index (χ4n) is 2.85. The Morgan fingerprint density at radius 3 is 2.67 bits per heavy atom. The van der Waals surface area contributed by atoms with Gasteiger partial charge >= 0.3 is 0 Å². The molecule has 2 rings (SSSR count). The fourth-order valence-corrected chi connectivity index (χ4v) is 4.34. The molecular weight excluding hydrogens is 291 g/mol. The van der Waals surface area contributed by atoms with Crippen molar-refractivity contribution in [3.63, 3.8) is 0 Å². The van der Waals surface area contributed by atoms with Gasteiger partial charge in [0, 0.05) is 11.7 Å². The maximum atomic E-state index is 14.1. The van der Waals surface area contributed by atoms with Gasteiger partial charge in [-0.05, 0) is 49.8 Å². The van der Waals surface area contributed by atoms with E-state index in [-0.39, 0.29) is 22.2 Å². The Morgan fingerprint density at radius 2 is 1.95 bits per heavy atom. The first-order valence-corrected chi connectivity index (χ1v) is 8.86. The molecule has 0 saturated heterocycles. The first-order valence-electron chi connectivity index (χ1n) is 7.37. The lowest BCUT2D eigenvalue weighted by molar-refractivity contribution is 0.482. The van der Waals surface area contributed by atoms with Crippen LogP contribution in [0.4, 0.5) is 10.1 Å². The van der Waals surface area contributed by atoms with Crippen LogP contribution in [0.25, 0.3) is 0 Å². The van der Waals surface area contributed by atoms with E-state index < -0.39 is 15.8 Å². The number of halogens is 1. The second-order valence-electron chi connectivity index (χ2n) is 6.08. The largest absolute Gasteiger partial charge is 0.399 e. The van der Waals surface area contributed by atoms with Crippen LogP contribution >= 0.6 is 0 Å². The van der Waals surface area contributed by atoms with Crippen molar-refractivity contribution in [2.45, 2.75) is 56.9 Å². The molecule has 2 unspecified atom stereocenters. The Labute approximate surface area is 126 Å². The van der Waals surface area contributed by atoms with Crippen molar-refractivity contribution in [3.05, 3.63) is 23.5 Å². The molecule has 6 heteroatoms. The molecule has 1 aromatic carbocycles. The smallest absolute Gasteiger partial charge is 0.243 e. The van der Waals surface area contributed by atoms with Crippen LogP contribution in [-0.4, -0.2) is 14.5 Å². The van der Waals surface area contributed by atoms with E-state index in [1.807, 2.05) is 0 Å². The first kappa shape index (κ1) is 16.2. The lowest BCUT2D eigenvalue weighted by Crippen LogP contribution is -2.35. The zero-order chi connectivity index (χ0) is 15.6. The van der Waals surface area contributed by atoms with E-state index in [4.69, 9.17) is 5.73 Å². The number of sulfonamides is 1. The number of nitrogen functional groups attached to an aromatic ring is 1. The summed E-state index contributed by atoms with van der Waals surface area (Å²) < 4.78 is 41.6. The van der Waals surface area contributed by atoms with Crippen molar-refractivity contribution >= 4 is 15.7 Å². The third-order valence-electron chi connectivity index (χ3n) is 4.11. The summed E-state index contributed by atoms with van der Waals surface area (Å²) in [6.45, 7) is 3.69. The second-order valence-corrected chi connectivity index (χ2v) is 7.76. The third-order valence-corrected chi connectivity index (χ3v) is 5.63. The zero-order valence-corrected chi connectivity index (χ0v) is 13.3. The highest BCUT2D eigenvalue weighted by Crippen LogP contribution is 2.26. The maximum Gasteiger partial charge on any atom is 0.243 e. The summed E-state index contributed by atoms with van der Waals surface area (Å²) >= 11 is 0. The molecule has 3 N–H and O–H groups in total. The highest BCUT2D eigenvalue weighted by Gasteiger charge is 2.26. The van der Waals surface area contributed by atoms with Crippen LogP contribution in [0, 0.1) is 18.7 Å². The minimum absolute atomic E-state index is 0.124. The molecule has 1 aromatic rings. The number of benzene rings is 1. The van der Waals surface area contributed by atoms with Crippen molar-refractivity contribution < 1.29 is 12.8 Å². The van der Waals surface area contributed by atoms with Gasteiger partial charge in [0.1, 0.15) is 10.7 Å². The van der Waals surface area contributed by atoms with Crippen molar-refractivity contribution in [2.24, 2.45) is 5.92 Å². The lowest BCUT2D eigenvalue weighted by atomic mass is 10.0. The summed E-state index contributed by atoms with van der Waals surface area (Å²) in [4.78, 5) is -0.350. The number of hydrogen-bond acceptors (Lipinski definition) is 3.